The molecule has 0 N–H and O–H groups in total. The van der Waals surface area contributed by atoms with Gasteiger partial charge in [0.25, 0.3) is 6.43 Å². The minimum Gasteiger partial charge on any atom is -0.294 e. The second-order valence-corrected chi connectivity index (χ2v) is 2.68. The molecule has 76 valence electrons. The highest BCUT2D eigenvalue weighted by Crippen LogP contribution is 2.25. The zero-order chi connectivity index (χ0) is 10.9. The summed E-state index contributed by atoms with van der Waals surface area (Å²) in [6.07, 6.45) is -3.06. The molecule has 0 aliphatic rings. The van der Waals surface area contributed by atoms with E-state index in [4.69, 9.17) is 0 Å². The summed E-state index contributed by atoms with van der Waals surface area (Å²) in [4.78, 5) is 10.7. The van der Waals surface area contributed by atoms with Gasteiger partial charge in [0, 0.05) is 0 Å². The first-order valence-electron chi connectivity index (χ1n) is 3.72. The molecule has 0 unspecified atom stereocenters. The number of carbonyl (C=O) groups is 1. The number of alkyl halides is 2. The second kappa shape index (κ2) is 3.77. The van der Waals surface area contributed by atoms with E-state index in [9.17, 15) is 22.4 Å². The number of rotatable bonds is 2. The van der Waals surface area contributed by atoms with E-state index in [1.807, 2.05) is 0 Å². The van der Waals surface area contributed by atoms with Crippen molar-refractivity contribution < 1.29 is 22.4 Å². The lowest BCUT2D eigenvalue weighted by atomic mass is 10.1. The minimum absolute atomic E-state index is 0.627. The van der Waals surface area contributed by atoms with Crippen molar-refractivity contribution in [3.8, 4) is 0 Å². The predicted molar refractivity (Wildman–Crippen MR) is 41.3 cm³/mol. The van der Waals surface area contributed by atoms with Gasteiger partial charge in [0.05, 0.1) is 11.1 Å². The Hall–Kier alpha value is -1.39. The third kappa shape index (κ3) is 1.76. The van der Waals surface area contributed by atoms with Gasteiger partial charge in [-0.05, 0) is 19.1 Å². The first-order valence-corrected chi connectivity index (χ1v) is 3.72. The van der Waals surface area contributed by atoms with Crippen LogP contribution in [0.5, 0.6) is 0 Å². The Balaban J connectivity index is 3.41. The van der Waals surface area contributed by atoms with Gasteiger partial charge in [0.1, 0.15) is 11.6 Å². The maximum atomic E-state index is 13.1. The Morgan fingerprint density at radius 2 is 1.86 bits per heavy atom. The summed E-state index contributed by atoms with van der Waals surface area (Å²) in [5.41, 5.74) is -1.88. The SMILES string of the molecule is CC(=O)c1c(F)ccc(C(F)F)c1F. The fourth-order valence-electron chi connectivity index (χ4n) is 1.06. The van der Waals surface area contributed by atoms with E-state index in [1.54, 1.807) is 0 Å². The van der Waals surface area contributed by atoms with Crippen molar-refractivity contribution in [1.82, 2.24) is 0 Å². The van der Waals surface area contributed by atoms with E-state index in [0.29, 0.717) is 12.1 Å². The number of carbonyl (C=O) groups excluding carboxylic acids is 1. The van der Waals surface area contributed by atoms with Crippen LogP contribution in [0.3, 0.4) is 0 Å². The van der Waals surface area contributed by atoms with Crippen molar-refractivity contribution in [3.05, 3.63) is 34.9 Å². The quantitative estimate of drug-likeness (QED) is 0.536. The Morgan fingerprint density at radius 3 is 2.29 bits per heavy atom. The van der Waals surface area contributed by atoms with Crippen molar-refractivity contribution >= 4 is 5.78 Å². The fraction of sp³-hybridized carbons (Fsp3) is 0.222. The highest BCUT2D eigenvalue weighted by Gasteiger charge is 2.21. The first kappa shape index (κ1) is 10.7. The van der Waals surface area contributed by atoms with Gasteiger partial charge in [-0.2, -0.15) is 0 Å². The molecule has 0 saturated carbocycles. The lowest BCUT2D eigenvalue weighted by molar-refractivity contribution is 0.100. The highest BCUT2D eigenvalue weighted by atomic mass is 19.3. The molecule has 1 aromatic carbocycles. The lowest BCUT2D eigenvalue weighted by Gasteiger charge is -2.05. The first-order chi connectivity index (χ1) is 6.45. The van der Waals surface area contributed by atoms with Crippen LogP contribution in [-0.4, -0.2) is 5.78 Å². The smallest absolute Gasteiger partial charge is 0.266 e. The van der Waals surface area contributed by atoms with E-state index in [-0.39, 0.29) is 0 Å². The summed E-state index contributed by atoms with van der Waals surface area (Å²) in [5.74, 6) is -3.52. The minimum atomic E-state index is -3.06. The predicted octanol–water partition coefficient (Wildman–Crippen LogP) is 3.11. The van der Waals surface area contributed by atoms with Crippen LogP contribution in [0.4, 0.5) is 17.6 Å². The molecule has 0 aliphatic heterocycles. The Bertz CT molecular complexity index is 373. The molecule has 0 fully saturated rings. The molecule has 0 amide bonds. The van der Waals surface area contributed by atoms with Gasteiger partial charge in [-0.3, -0.25) is 4.79 Å². The number of halogens is 4. The van der Waals surface area contributed by atoms with E-state index in [0.717, 1.165) is 6.92 Å². The molecular weight excluding hydrogens is 200 g/mol. The summed E-state index contributed by atoms with van der Waals surface area (Å²) in [7, 11) is 0. The molecule has 0 aliphatic carbocycles. The summed E-state index contributed by atoms with van der Waals surface area (Å²) >= 11 is 0. The average Bonchev–Trinajstić information content (AvgIpc) is 2.02. The number of hydrogen-bond donors (Lipinski definition) is 0. The molecule has 0 saturated heterocycles. The molecule has 14 heavy (non-hydrogen) atoms. The molecule has 0 atom stereocenters. The molecule has 1 nitrogen and oxygen atoms in total. The second-order valence-electron chi connectivity index (χ2n) is 2.68. The Kier molecular flexibility index (Phi) is 2.88. The van der Waals surface area contributed by atoms with Crippen LogP contribution >= 0.6 is 0 Å². The largest absolute Gasteiger partial charge is 0.294 e. The van der Waals surface area contributed by atoms with Gasteiger partial charge in [-0.15, -0.1) is 0 Å². The standard InChI is InChI=1S/C9H6F4O/c1-4(14)7-6(10)3-2-5(8(7)11)9(12)13/h2-3,9H,1H3. The number of benzene rings is 1. The monoisotopic (exact) mass is 206 g/mol. The van der Waals surface area contributed by atoms with Gasteiger partial charge in [0.2, 0.25) is 0 Å². The van der Waals surface area contributed by atoms with E-state index >= 15 is 0 Å². The molecule has 0 spiro atoms. The zero-order valence-corrected chi connectivity index (χ0v) is 7.15. The topological polar surface area (TPSA) is 17.1 Å². The van der Waals surface area contributed by atoms with Crippen molar-refractivity contribution in [2.45, 2.75) is 13.3 Å². The van der Waals surface area contributed by atoms with Crippen molar-refractivity contribution in [3.63, 3.8) is 0 Å². The van der Waals surface area contributed by atoms with Crippen molar-refractivity contribution in [2.24, 2.45) is 0 Å². The number of ketones is 1. The van der Waals surface area contributed by atoms with Crippen LogP contribution < -0.4 is 0 Å². The summed E-state index contributed by atoms with van der Waals surface area (Å²) in [5, 5.41) is 0. The third-order valence-corrected chi connectivity index (χ3v) is 1.71. The summed E-state index contributed by atoms with van der Waals surface area (Å²) < 4.78 is 50.2. The van der Waals surface area contributed by atoms with Gasteiger partial charge in [-0.1, -0.05) is 0 Å². The third-order valence-electron chi connectivity index (χ3n) is 1.71. The lowest BCUT2D eigenvalue weighted by Crippen LogP contribution is -2.05. The molecule has 0 heterocycles. The van der Waals surface area contributed by atoms with Crippen LogP contribution in [-0.2, 0) is 0 Å². The summed E-state index contributed by atoms with van der Waals surface area (Å²) in [6, 6.07) is 1.28. The van der Waals surface area contributed by atoms with Crippen molar-refractivity contribution in [1.29, 1.82) is 0 Å². The van der Waals surface area contributed by atoms with Crippen LogP contribution in [0.2, 0.25) is 0 Å². The maximum absolute atomic E-state index is 13.1. The summed E-state index contributed by atoms with van der Waals surface area (Å²) in [6.45, 7) is 0.913. The van der Waals surface area contributed by atoms with Crippen LogP contribution in [0, 0.1) is 11.6 Å². The normalized spacial score (nSPS) is 10.7. The molecule has 5 heteroatoms. The van der Waals surface area contributed by atoms with Gasteiger partial charge < -0.3 is 0 Å². The molecule has 0 radical (unpaired) electrons. The zero-order valence-electron chi connectivity index (χ0n) is 7.15. The molecule has 0 bridgehead atoms. The van der Waals surface area contributed by atoms with Crippen LogP contribution in [0.1, 0.15) is 29.3 Å². The van der Waals surface area contributed by atoms with Gasteiger partial charge in [-0.25, -0.2) is 17.6 Å². The van der Waals surface area contributed by atoms with Gasteiger partial charge in [0.15, 0.2) is 5.78 Å². The van der Waals surface area contributed by atoms with Crippen LogP contribution in [0.25, 0.3) is 0 Å². The fourth-order valence-corrected chi connectivity index (χ4v) is 1.06. The Labute approximate surface area is 77.3 Å². The van der Waals surface area contributed by atoms with E-state index in [2.05, 4.69) is 0 Å². The molecule has 1 rings (SSSR count). The highest BCUT2D eigenvalue weighted by molar-refractivity contribution is 5.94. The number of hydrogen-bond acceptors (Lipinski definition) is 1. The molecular formula is C9H6F4O. The number of Topliss-reactive ketones (excluding diaryl/α,β-unsaturated/α-hetero) is 1. The average molecular weight is 206 g/mol. The van der Waals surface area contributed by atoms with Crippen molar-refractivity contribution in [2.75, 3.05) is 0 Å². The van der Waals surface area contributed by atoms with Gasteiger partial charge >= 0.3 is 0 Å². The van der Waals surface area contributed by atoms with E-state index in [1.165, 1.54) is 0 Å². The van der Waals surface area contributed by atoms with E-state index < -0.39 is 35.0 Å². The maximum Gasteiger partial charge on any atom is 0.266 e. The Morgan fingerprint density at radius 1 is 1.29 bits per heavy atom. The van der Waals surface area contributed by atoms with Crippen LogP contribution in [0.15, 0.2) is 12.1 Å². The molecule has 0 aromatic heterocycles. The molecule has 1 aromatic rings.